The van der Waals surface area contributed by atoms with Crippen molar-refractivity contribution in [1.29, 1.82) is 5.26 Å². The molecular formula is C50H59ClFN7O7S2. The van der Waals surface area contributed by atoms with E-state index in [1.807, 2.05) is 70.5 Å². The van der Waals surface area contributed by atoms with Gasteiger partial charge in [0.05, 0.1) is 39.0 Å². The molecule has 4 amide bonds. The molecule has 2 fully saturated rings. The van der Waals surface area contributed by atoms with Crippen molar-refractivity contribution in [3.63, 3.8) is 0 Å². The van der Waals surface area contributed by atoms with Crippen molar-refractivity contribution in [2.24, 2.45) is 11.3 Å². The molecule has 6 rings (SSSR count). The van der Waals surface area contributed by atoms with Crippen molar-refractivity contribution in [1.82, 2.24) is 20.5 Å². The minimum Gasteiger partial charge on any atom is -0.491 e. The number of carbonyl (C=O) groups is 4. The average Bonchev–Trinajstić information content (AvgIpc) is 3.96. The SMILES string of the molecule is Cc1ncsc1-c1ccc(CNC(=O)[C@@H]2C[C@@H](C)CN2C(=O)[C@@H](NC(=O)COCCCOCCCCOc2ccc(N3C(=S)N(c4ccc(C#N)c(Cl)c4)C(=O)C3(C)C)cc2F)C(C)(C)C)cc1. The second-order valence-corrected chi connectivity index (χ2v) is 20.3. The van der Waals surface area contributed by atoms with Gasteiger partial charge in [0.1, 0.15) is 30.3 Å². The van der Waals surface area contributed by atoms with Gasteiger partial charge in [0.2, 0.25) is 17.7 Å². The van der Waals surface area contributed by atoms with Gasteiger partial charge in [0.15, 0.2) is 16.7 Å². The molecule has 2 N–H and O–H groups in total. The van der Waals surface area contributed by atoms with E-state index in [0.717, 1.165) is 21.7 Å². The number of nitriles is 1. The van der Waals surface area contributed by atoms with Crippen LogP contribution in [0.15, 0.2) is 66.2 Å². The summed E-state index contributed by atoms with van der Waals surface area (Å²) in [5.41, 5.74) is 4.10. The zero-order valence-electron chi connectivity index (χ0n) is 39.5. The highest BCUT2D eigenvalue weighted by atomic mass is 35.5. The first-order chi connectivity index (χ1) is 32.3. The molecule has 362 valence electrons. The molecule has 3 atom stereocenters. The lowest BCUT2D eigenvalue weighted by Gasteiger charge is -2.35. The van der Waals surface area contributed by atoms with Crippen LogP contribution in [0.1, 0.15) is 84.0 Å². The van der Waals surface area contributed by atoms with E-state index in [9.17, 15) is 24.4 Å². The van der Waals surface area contributed by atoms with E-state index in [-0.39, 0.29) is 64.9 Å². The second-order valence-electron chi connectivity index (χ2n) is 18.7. The molecule has 14 nitrogen and oxygen atoms in total. The van der Waals surface area contributed by atoms with E-state index in [4.69, 9.17) is 38.0 Å². The minimum absolute atomic E-state index is 0.0633. The van der Waals surface area contributed by atoms with E-state index in [0.29, 0.717) is 63.4 Å². The Morgan fingerprint density at radius 1 is 1.01 bits per heavy atom. The standard InChI is InChI=1S/C50H59ClFN7O7S2/c1-31-23-40(45(61)54-27-33-11-13-34(14-12-33)43-32(2)55-30-68-43)57(28-31)46(62)44(49(3,4)5)56-42(60)29-65-21-10-20-64-19-8-9-22-66-41-18-17-37(25-39(41)52)59-48(67)58(47(63)50(59,6)7)36-16-15-35(26-53)38(51)24-36/h11-18,24-25,30-31,40,44H,8-10,19-23,27-29H2,1-7H3,(H,54,61)(H,56,60)/t31-,40+,44-/m1/s1. The summed E-state index contributed by atoms with van der Waals surface area (Å²) in [4.78, 5) is 64.1. The third kappa shape index (κ3) is 12.4. The van der Waals surface area contributed by atoms with E-state index in [1.165, 1.54) is 29.2 Å². The van der Waals surface area contributed by atoms with Gasteiger partial charge in [-0.1, -0.05) is 63.6 Å². The molecule has 1 aromatic heterocycles. The Bertz CT molecular complexity index is 2530. The van der Waals surface area contributed by atoms with Gasteiger partial charge >= 0.3 is 0 Å². The molecule has 2 aliphatic rings. The third-order valence-electron chi connectivity index (χ3n) is 11.9. The van der Waals surface area contributed by atoms with Crippen molar-refractivity contribution >= 4 is 75.3 Å². The normalized spacial score (nSPS) is 17.3. The summed E-state index contributed by atoms with van der Waals surface area (Å²) < 4.78 is 32.4. The van der Waals surface area contributed by atoms with Crippen LogP contribution in [-0.4, -0.2) is 95.8 Å². The summed E-state index contributed by atoms with van der Waals surface area (Å²) >= 11 is 13.5. The maximum absolute atomic E-state index is 15.3. The number of carbonyl (C=O) groups excluding carboxylic acids is 4. The van der Waals surface area contributed by atoms with Gasteiger partial charge < -0.3 is 34.6 Å². The van der Waals surface area contributed by atoms with Gasteiger partial charge in [-0.25, -0.2) is 9.37 Å². The molecule has 18 heteroatoms. The van der Waals surface area contributed by atoms with Gasteiger partial charge in [-0.3, -0.25) is 24.1 Å². The largest absolute Gasteiger partial charge is 0.491 e. The number of unbranched alkanes of at least 4 members (excludes halogenated alkanes) is 1. The highest BCUT2D eigenvalue weighted by molar-refractivity contribution is 7.81. The van der Waals surface area contributed by atoms with Crippen LogP contribution in [0, 0.1) is 35.4 Å². The number of benzene rings is 3. The zero-order valence-corrected chi connectivity index (χ0v) is 41.9. The van der Waals surface area contributed by atoms with Crippen LogP contribution in [0.3, 0.4) is 0 Å². The minimum atomic E-state index is -1.14. The number of rotatable bonds is 20. The number of thiazole rings is 1. The summed E-state index contributed by atoms with van der Waals surface area (Å²) in [6.07, 6.45) is 2.35. The predicted octanol–water partition coefficient (Wildman–Crippen LogP) is 8.37. The second kappa shape index (κ2) is 22.7. The van der Waals surface area contributed by atoms with Crippen molar-refractivity contribution < 1.29 is 37.8 Å². The molecule has 0 bridgehead atoms. The fraction of sp³-hybridized carbons (Fsp3) is 0.460. The summed E-state index contributed by atoms with van der Waals surface area (Å²) in [7, 11) is 0. The Kier molecular flexibility index (Phi) is 17.3. The van der Waals surface area contributed by atoms with Gasteiger partial charge in [-0.05, 0) is 111 Å². The molecule has 0 radical (unpaired) electrons. The summed E-state index contributed by atoms with van der Waals surface area (Å²) in [6, 6.07) is 17.5. The number of anilines is 2. The molecule has 0 aliphatic carbocycles. The van der Waals surface area contributed by atoms with Crippen molar-refractivity contribution in [2.45, 2.75) is 98.3 Å². The van der Waals surface area contributed by atoms with Crippen LogP contribution in [0.4, 0.5) is 15.8 Å². The van der Waals surface area contributed by atoms with Crippen LogP contribution in [0.5, 0.6) is 5.75 Å². The van der Waals surface area contributed by atoms with Gasteiger partial charge in [-0.15, -0.1) is 11.3 Å². The quantitative estimate of drug-likeness (QED) is 0.0646. The van der Waals surface area contributed by atoms with Crippen LogP contribution >= 0.6 is 35.2 Å². The van der Waals surface area contributed by atoms with Crippen LogP contribution in [0.25, 0.3) is 10.4 Å². The van der Waals surface area contributed by atoms with E-state index in [2.05, 4.69) is 15.6 Å². The molecule has 2 saturated heterocycles. The summed E-state index contributed by atoms with van der Waals surface area (Å²) in [5, 5.41) is 15.5. The maximum Gasteiger partial charge on any atom is 0.259 e. The Morgan fingerprint density at radius 3 is 2.37 bits per heavy atom. The lowest BCUT2D eigenvalue weighted by atomic mass is 9.85. The van der Waals surface area contributed by atoms with Crippen LogP contribution < -0.4 is 25.2 Å². The van der Waals surface area contributed by atoms with Gasteiger partial charge in [0, 0.05) is 44.7 Å². The Labute approximate surface area is 412 Å². The summed E-state index contributed by atoms with van der Waals surface area (Å²) in [5.74, 6) is -1.71. The topological polar surface area (TPSA) is 166 Å². The number of aromatic nitrogens is 1. The lowest BCUT2D eigenvalue weighted by molar-refractivity contribution is -0.144. The van der Waals surface area contributed by atoms with Crippen molar-refractivity contribution in [3.8, 4) is 22.3 Å². The molecule has 0 unspecified atom stereocenters. The Balaban J connectivity index is 0.868. The smallest absolute Gasteiger partial charge is 0.259 e. The van der Waals surface area contributed by atoms with Crippen LogP contribution in [-0.2, 0) is 35.2 Å². The molecule has 3 aromatic carbocycles. The Hall–Kier alpha value is -5.51. The molecule has 4 aromatic rings. The zero-order chi connectivity index (χ0) is 49.3. The molecular weight excluding hydrogens is 929 g/mol. The predicted molar refractivity (Wildman–Crippen MR) is 265 cm³/mol. The average molecular weight is 989 g/mol. The number of ether oxygens (including phenoxy) is 3. The number of nitrogens with zero attached hydrogens (tertiary/aromatic N) is 5. The highest BCUT2D eigenvalue weighted by Crippen LogP contribution is 2.39. The van der Waals surface area contributed by atoms with Crippen molar-refractivity contribution in [2.75, 3.05) is 49.4 Å². The molecule has 2 aliphatic heterocycles. The number of likely N-dealkylation sites (tertiary alicyclic amines) is 1. The van der Waals surface area contributed by atoms with Crippen molar-refractivity contribution in [3.05, 3.63) is 93.8 Å². The van der Waals surface area contributed by atoms with Crippen LogP contribution in [0.2, 0.25) is 5.02 Å². The fourth-order valence-corrected chi connectivity index (χ4v) is 9.72. The molecule has 68 heavy (non-hydrogen) atoms. The third-order valence-corrected chi connectivity index (χ3v) is 13.5. The molecule has 0 saturated carbocycles. The molecule has 0 spiro atoms. The first-order valence-electron chi connectivity index (χ1n) is 22.6. The number of thiocarbonyl (C=S) groups is 1. The van der Waals surface area contributed by atoms with Gasteiger partial charge in [0.25, 0.3) is 5.91 Å². The fourth-order valence-electron chi connectivity index (χ4n) is 8.17. The lowest BCUT2D eigenvalue weighted by Crippen LogP contribution is -2.58. The number of hydrogen-bond donors (Lipinski definition) is 2. The highest BCUT2D eigenvalue weighted by Gasteiger charge is 2.50. The molecule has 3 heterocycles. The van der Waals surface area contributed by atoms with E-state index < -0.39 is 34.8 Å². The first kappa shape index (κ1) is 51.9. The monoisotopic (exact) mass is 987 g/mol. The van der Waals surface area contributed by atoms with E-state index >= 15 is 4.39 Å². The van der Waals surface area contributed by atoms with E-state index in [1.54, 1.807) is 47.1 Å². The number of halogens is 2. The van der Waals surface area contributed by atoms with Gasteiger partial charge in [-0.2, -0.15) is 5.26 Å². The summed E-state index contributed by atoms with van der Waals surface area (Å²) in [6.45, 7) is 14.9. The number of amides is 4. The number of nitrogens with one attached hydrogen (secondary N) is 2. The number of hydrogen-bond acceptors (Lipinski definition) is 11. The number of aryl methyl sites for hydroxylation is 1. The maximum atomic E-state index is 15.3. The first-order valence-corrected chi connectivity index (χ1v) is 24.3. The Morgan fingerprint density at radius 2 is 1.71 bits per heavy atom.